The lowest BCUT2D eigenvalue weighted by Crippen LogP contribution is -2.07. The highest BCUT2D eigenvalue weighted by Gasteiger charge is 2.08. The van der Waals surface area contributed by atoms with E-state index in [1.165, 1.54) is 12.1 Å². The van der Waals surface area contributed by atoms with Gasteiger partial charge in [0.2, 0.25) is 0 Å². The molecule has 1 aromatic carbocycles. The number of benzene rings is 1. The predicted octanol–water partition coefficient (Wildman–Crippen LogP) is 4.78. The van der Waals surface area contributed by atoms with Crippen molar-refractivity contribution in [2.24, 2.45) is 5.92 Å². The van der Waals surface area contributed by atoms with Crippen molar-refractivity contribution < 1.29 is 4.39 Å². The van der Waals surface area contributed by atoms with Gasteiger partial charge in [-0.2, -0.15) is 0 Å². The van der Waals surface area contributed by atoms with Gasteiger partial charge in [0.15, 0.2) is 5.13 Å². The van der Waals surface area contributed by atoms with Crippen LogP contribution >= 0.6 is 27.3 Å². The van der Waals surface area contributed by atoms with Crippen LogP contribution in [0.1, 0.15) is 13.8 Å². The van der Waals surface area contributed by atoms with Crippen molar-refractivity contribution in [3.63, 3.8) is 0 Å². The number of aromatic nitrogens is 1. The number of rotatable bonds is 4. The van der Waals surface area contributed by atoms with Crippen LogP contribution in [0.25, 0.3) is 10.4 Å². The molecule has 1 aromatic heterocycles. The van der Waals surface area contributed by atoms with Crippen LogP contribution in [0.3, 0.4) is 0 Å². The smallest absolute Gasteiger partial charge is 0.183 e. The second-order valence-corrected chi connectivity index (χ2v) is 6.31. The Balaban J connectivity index is 2.18. The molecule has 0 amide bonds. The van der Waals surface area contributed by atoms with E-state index >= 15 is 0 Å². The Morgan fingerprint density at radius 3 is 2.89 bits per heavy atom. The summed E-state index contributed by atoms with van der Waals surface area (Å²) in [4.78, 5) is 5.34. The average Bonchev–Trinajstić information content (AvgIpc) is 2.75. The minimum absolute atomic E-state index is 0.242. The molecule has 1 heterocycles. The minimum atomic E-state index is -0.242. The van der Waals surface area contributed by atoms with Crippen molar-refractivity contribution in [1.82, 2.24) is 4.98 Å². The quantitative estimate of drug-likeness (QED) is 0.873. The van der Waals surface area contributed by atoms with Gasteiger partial charge in [-0.15, -0.1) is 0 Å². The van der Waals surface area contributed by atoms with Gasteiger partial charge in [-0.1, -0.05) is 41.1 Å². The maximum atomic E-state index is 13.0. The van der Waals surface area contributed by atoms with E-state index in [0.29, 0.717) is 5.92 Å². The molecule has 0 saturated carbocycles. The van der Waals surface area contributed by atoms with Crippen LogP contribution in [0.4, 0.5) is 9.52 Å². The number of hydrogen-bond acceptors (Lipinski definition) is 3. The second kappa shape index (κ2) is 5.80. The molecule has 0 saturated heterocycles. The van der Waals surface area contributed by atoms with Gasteiger partial charge in [0.05, 0.1) is 4.88 Å². The molecule has 1 N–H and O–H groups in total. The third kappa shape index (κ3) is 3.29. The summed E-state index contributed by atoms with van der Waals surface area (Å²) in [6.45, 7) is 5.20. The zero-order valence-corrected chi connectivity index (χ0v) is 12.6. The van der Waals surface area contributed by atoms with Gasteiger partial charge in [-0.25, -0.2) is 9.37 Å². The Labute approximate surface area is 118 Å². The van der Waals surface area contributed by atoms with E-state index in [2.05, 4.69) is 40.1 Å². The molecule has 0 unspecified atom stereocenters. The maximum absolute atomic E-state index is 13.0. The molecule has 0 spiro atoms. The number of hydrogen-bond donors (Lipinski definition) is 1. The fraction of sp³-hybridized carbons (Fsp3) is 0.308. The normalized spacial score (nSPS) is 10.9. The van der Waals surface area contributed by atoms with Crippen LogP contribution in [0.2, 0.25) is 0 Å². The van der Waals surface area contributed by atoms with Crippen molar-refractivity contribution >= 4 is 32.4 Å². The molecule has 0 radical (unpaired) electrons. The third-order valence-corrected chi connectivity index (χ3v) is 4.01. The molecule has 2 nitrogen and oxygen atoms in total. The molecule has 96 valence electrons. The fourth-order valence-electron chi connectivity index (χ4n) is 1.46. The standard InChI is InChI=1S/C13H14BrFN2S/c1-8(2)6-16-13-17-7-12(18-13)10-4-3-9(15)5-11(10)14/h3-5,7-8H,6H2,1-2H3,(H,16,17). The van der Waals surface area contributed by atoms with Crippen molar-refractivity contribution in [3.05, 3.63) is 34.7 Å². The molecule has 0 atom stereocenters. The van der Waals surface area contributed by atoms with Crippen LogP contribution in [-0.2, 0) is 0 Å². The van der Waals surface area contributed by atoms with Gasteiger partial charge in [0.25, 0.3) is 0 Å². The first-order valence-electron chi connectivity index (χ1n) is 5.71. The van der Waals surface area contributed by atoms with Crippen molar-refractivity contribution in [2.75, 3.05) is 11.9 Å². The Morgan fingerprint density at radius 2 is 2.22 bits per heavy atom. The largest absolute Gasteiger partial charge is 0.361 e. The van der Waals surface area contributed by atoms with Crippen LogP contribution in [0.15, 0.2) is 28.9 Å². The molecule has 0 bridgehead atoms. The second-order valence-electron chi connectivity index (χ2n) is 4.43. The van der Waals surface area contributed by atoms with Crippen molar-refractivity contribution in [1.29, 1.82) is 0 Å². The third-order valence-electron chi connectivity index (χ3n) is 2.36. The Hall–Kier alpha value is -0.940. The number of anilines is 1. The summed E-state index contributed by atoms with van der Waals surface area (Å²) in [6, 6.07) is 4.69. The molecule has 18 heavy (non-hydrogen) atoms. The van der Waals surface area contributed by atoms with Gasteiger partial charge in [-0.05, 0) is 24.1 Å². The SMILES string of the molecule is CC(C)CNc1ncc(-c2ccc(F)cc2Br)s1. The first-order chi connectivity index (χ1) is 8.56. The molecule has 0 aliphatic rings. The van der Waals surface area contributed by atoms with Crippen LogP contribution in [0.5, 0.6) is 0 Å². The first kappa shape index (κ1) is 13.5. The van der Waals surface area contributed by atoms with E-state index in [1.807, 2.05) is 6.20 Å². The maximum Gasteiger partial charge on any atom is 0.183 e. The summed E-state index contributed by atoms with van der Waals surface area (Å²) in [5, 5.41) is 4.18. The summed E-state index contributed by atoms with van der Waals surface area (Å²) >= 11 is 4.95. The van der Waals surface area contributed by atoms with Gasteiger partial charge in [-0.3, -0.25) is 0 Å². The molecule has 5 heteroatoms. The lowest BCUT2D eigenvalue weighted by molar-refractivity contribution is 0.627. The lowest BCUT2D eigenvalue weighted by atomic mass is 10.2. The summed E-state index contributed by atoms with van der Waals surface area (Å²) in [6.07, 6.45) is 1.81. The average molecular weight is 329 g/mol. The zero-order valence-electron chi connectivity index (χ0n) is 10.2. The number of nitrogens with one attached hydrogen (secondary N) is 1. The van der Waals surface area contributed by atoms with E-state index in [1.54, 1.807) is 17.4 Å². The molecule has 0 fully saturated rings. The molecule has 0 aliphatic carbocycles. The van der Waals surface area contributed by atoms with Crippen LogP contribution < -0.4 is 5.32 Å². The molecule has 0 aliphatic heterocycles. The van der Waals surface area contributed by atoms with Gasteiger partial charge in [0, 0.05) is 22.8 Å². The number of nitrogens with zero attached hydrogens (tertiary/aromatic N) is 1. The van der Waals surface area contributed by atoms with E-state index in [0.717, 1.165) is 26.6 Å². The molecule has 2 aromatic rings. The summed E-state index contributed by atoms with van der Waals surface area (Å²) < 4.78 is 13.8. The summed E-state index contributed by atoms with van der Waals surface area (Å²) in [7, 11) is 0. The van der Waals surface area contributed by atoms with Crippen LogP contribution in [-0.4, -0.2) is 11.5 Å². The van der Waals surface area contributed by atoms with Gasteiger partial charge >= 0.3 is 0 Å². The van der Waals surface area contributed by atoms with Gasteiger partial charge in [0.1, 0.15) is 5.82 Å². The first-order valence-corrected chi connectivity index (χ1v) is 7.32. The molecule has 2 rings (SSSR count). The number of halogens is 2. The Kier molecular flexibility index (Phi) is 4.35. The highest BCUT2D eigenvalue weighted by molar-refractivity contribution is 9.10. The molecular formula is C13H14BrFN2S. The van der Waals surface area contributed by atoms with E-state index < -0.39 is 0 Å². The van der Waals surface area contributed by atoms with Crippen LogP contribution in [0, 0.1) is 11.7 Å². The minimum Gasteiger partial charge on any atom is -0.361 e. The van der Waals surface area contributed by atoms with E-state index in [4.69, 9.17) is 0 Å². The topological polar surface area (TPSA) is 24.9 Å². The Bertz CT molecular complexity index is 540. The van der Waals surface area contributed by atoms with Gasteiger partial charge < -0.3 is 5.32 Å². The monoisotopic (exact) mass is 328 g/mol. The van der Waals surface area contributed by atoms with Crippen molar-refractivity contribution in [2.45, 2.75) is 13.8 Å². The predicted molar refractivity (Wildman–Crippen MR) is 78.5 cm³/mol. The fourth-order valence-corrected chi connectivity index (χ4v) is 3.02. The zero-order chi connectivity index (χ0) is 13.1. The highest BCUT2D eigenvalue weighted by atomic mass is 79.9. The lowest BCUT2D eigenvalue weighted by Gasteiger charge is -2.04. The Morgan fingerprint density at radius 1 is 1.44 bits per heavy atom. The summed E-state index contributed by atoms with van der Waals surface area (Å²) in [5.41, 5.74) is 0.964. The summed E-state index contributed by atoms with van der Waals surface area (Å²) in [5.74, 6) is 0.336. The highest BCUT2D eigenvalue weighted by Crippen LogP contribution is 2.34. The van der Waals surface area contributed by atoms with Crippen molar-refractivity contribution in [3.8, 4) is 10.4 Å². The molecular weight excluding hydrogens is 315 g/mol. The number of thiazole rings is 1. The van der Waals surface area contributed by atoms with E-state index in [9.17, 15) is 4.39 Å². The van der Waals surface area contributed by atoms with E-state index in [-0.39, 0.29) is 5.82 Å².